The van der Waals surface area contributed by atoms with Crippen LogP contribution in [0, 0.1) is 0 Å². The number of hydrogen-bond donors (Lipinski definition) is 0. The van der Waals surface area contributed by atoms with Crippen molar-refractivity contribution in [2.45, 2.75) is 15.0 Å². The third-order valence-electron chi connectivity index (χ3n) is 3.91. The Labute approximate surface area is 140 Å². The van der Waals surface area contributed by atoms with E-state index in [1.165, 1.54) is 43.8 Å². The highest BCUT2D eigenvalue weighted by molar-refractivity contribution is 7.92. The van der Waals surface area contributed by atoms with Crippen molar-refractivity contribution in [3.63, 3.8) is 0 Å². The Balaban J connectivity index is 1.76. The lowest BCUT2D eigenvalue weighted by atomic mass is 10.3. The number of pyridine rings is 1. The topological polar surface area (TPSA) is 93.6 Å². The van der Waals surface area contributed by atoms with Crippen LogP contribution >= 0.6 is 0 Å². The molecule has 9 heteroatoms. The SMILES string of the molecule is COc1ccc(S(=O)(=O)C2CN(S(=O)(=O)c3cccnc3)C2)cc1. The summed E-state index contributed by atoms with van der Waals surface area (Å²) in [5, 5.41) is -0.752. The van der Waals surface area contributed by atoms with Gasteiger partial charge in [-0.05, 0) is 36.4 Å². The fourth-order valence-corrected chi connectivity index (χ4v) is 5.74. The number of methoxy groups -OCH3 is 1. The third-order valence-corrected chi connectivity index (χ3v) is 7.83. The van der Waals surface area contributed by atoms with Crippen molar-refractivity contribution >= 4 is 19.9 Å². The molecule has 0 N–H and O–H groups in total. The highest BCUT2D eigenvalue weighted by atomic mass is 32.2. The van der Waals surface area contributed by atoms with Gasteiger partial charge in [-0.25, -0.2) is 16.8 Å². The Morgan fingerprint density at radius 1 is 1.04 bits per heavy atom. The molecule has 1 aliphatic heterocycles. The lowest BCUT2D eigenvalue weighted by Crippen LogP contribution is -2.56. The molecule has 0 aliphatic carbocycles. The molecule has 7 nitrogen and oxygen atoms in total. The molecule has 2 aromatic rings. The second-order valence-electron chi connectivity index (χ2n) is 5.35. The fraction of sp³-hybridized carbons (Fsp3) is 0.267. The third kappa shape index (κ3) is 2.90. The van der Waals surface area contributed by atoms with Gasteiger partial charge in [-0.1, -0.05) is 0 Å². The maximum Gasteiger partial charge on any atom is 0.244 e. The number of rotatable bonds is 5. The zero-order valence-corrected chi connectivity index (χ0v) is 14.5. The predicted octanol–water partition coefficient (Wildman–Crippen LogP) is 0.937. The van der Waals surface area contributed by atoms with Crippen molar-refractivity contribution < 1.29 is 21.6 Å². The molecule has 0 atom stereocenters. The van der Waals surface area contributed by atoms with E-state index >= 15 is 0 Å². The van der Waals surface area contributed by atoms with E-state index in [4.69, 9.17) is 4.74 Å². The molecule has 128 valence electrons. The summed E-state index contributed by atoms with van der Waals surface area (Å²) >= 11 is 0. The average Bonchev–Trinajstić information content (AvgIpc) is 2.54. The Morgan fingerprint density at radius 2 is 1.71 bits per heavy atom. The van der Waals surface area contributed by atoms with Crippen LogP contribution in [-0.4, -0.2) is 51.6 Å². The molecule has 0 spiro atoms. The summed E-state index contributed by atoms with van der Waals surface area (Å²) < 4.78 is 56.0. The van der Waals surface area contributed by atoms with Gasteiger partial charge in [0.25, 0.3) is 0 Å². The molecule has 1 fully saturated rings. The van der Waals surface area contributed by atoms with Crippen molar-refractivity contribution in [2.24, 2.45) is 0 Å². The summed E-state index contributed by atoms with van der Waals surface area (Å²) in [6.45, 7) is -0.128. The van der Waals surface area contributed by atoms with Crippen LogP contribution in [0.4, 0.5) is 0 Å². The minimum atomic E-state index is -3.70. The van der Waals surface area contributed by atoms with Crippen molar-refractivity contribution in [1.82, 2.24) is 9.29 Å². The van der Waals surface area contributed by atoms with E-state index in [0.29, 0.717) is 5.75 Å². The first-order valence-electron chi connectivity index (χ1n) is 7.14. The minimum Gasteiger partial charge on any atom is -0.497 e. The molecule has 1 aromatic heterocycles. The van der Waals surface area contributed by atoms with Crippen LogP contribution < -0.4 is 4.74 Å². The summed E-state index contributed by atoms with van der Waals surface area (Å²) in [5.74, 6) is 0.559. The van der Waals surface area contributed by atoms with E-state index in [2.05, 4.69) is 4.98 Å². The van der Waals surface area contributed by atoms with Crippen LogP contribution in [0.2, 0.25) is 0 Å². The normalized spacial score (nSPS) is 16.5. The van der Waals surface area contributed by atoms with E-state index in [0.717, 1.165) is 4.31 Å². The van der Waals surface area contributed by atoms with Gasteiger partial charge in [0.15, 0.2) is 9.84 Å². The Kier molecular flexibility index (Phi) is 4.33. The molecule has 0 saturated carbocycles. The fourth-order valence-electron chi connectivity index (χ4n) is 2.40. The van der Waals surface area contributed by atoms with E-state index in [1.807, 2.05) is 0 Å². The molecule has 0 unspecified atom stereocenters. The van der Waals surface area contributed by atoms with Gasteiger partial charge < -0.3 is 4.74 Å². The first kappa shape index (κ1) is 16.9. The van der Waals surface area contributed by atoms with Crippen LogP contribution in [0.3, 0.4) is 0 Å². The summed E-state index contributed by atoms with van der Waals surface area (Å²) in [7, 11) is -5.79. The second kappa shape index (κ2) is 6.15. The van der Waals surface area contributed by atoms with E-state index in [1.54, 1.807) is 12.1 Å². The molecule has 24 heavy (non-hydrogen) atoms. The van der Waals surface area contributed by atoms with Gasteiger partial charge in [0.1, 0.15) is 10.6 Å². The molecule has 0 radical (unpaired) electrons. The first-order valence-corrected chi connectivity index (χ1v) is 10.1. The van der Waals surface area contributed by atoms with Crippen LogP contribution in [0.25, 0.3) is 0 Å². The lowest BCUT2D eigenvalue weighted by molar-refractivity contribution is 0.309. The second-order valence-corrected chi connectivity index (χ2v) is 9.52. The van der Waals surface area contributed by atoms with Gasteiger partial charge in [-0.2, -0.15) is 4.31 Å². The van der Waals surface area contributed by atoms with Gasteiger partial charge in [0, 0.05) is 25.5 Å². The quantitative estimate of drug-likeness (QED) is 0.780. The summed E-state index contributed by atoms with van der Waals surface area (Å²) in [5.41, 5.74) is 0. The molecule has 1 aromatic carbocycles. The number of sulfone groups is 1. The maximum atomic E-state index is 12.5. The van der Waals surface area contributed by atoms with Gasteiger partial charge >= 0.3 is 0 Å². The van der Waals surface area contributed by atoms with Crippen molar-refractivity contribution in [3.05, 3.63) is 48.8 Å². The summed E-state index contributed by atoms with van der Waals surface area (Å²) in [6.07, 6.45) is 2.73. The number of sulfonamides is 1. The number of ether oxygens (including phenoxy) is 1. The van der Waals surface area contributed by atoms with Crippen molar-refractivity contribution in [1.29, 1.82) is 0 Å². The van der Waals surface area contributed by atoms with Crippen molar-refractivity contribution in [2.75, 3.05) is 20.2 Å². The first-order chi connectivity index (χ1) is 11.4. The Hall–Kier alpha value is -1.97. The van der Waals surface area contributed by atoms with Gasteiger partial charge in [-0.15, -0.1) is 0 Å². The monoisotopic (exact) mass is 368 g/mol. The Morgan fingerprint density at radius 3 is 2.25 bits per heavy atom. The zero-order valence-electron chi connectivity index (χ0n) is 12.9. The highest BCUT2D eigenvalue weighted by Gasteiger charge is 2.44. The van der Waals surface area contributed by atoms with Gasteiger partial charge in [-0.3, -0.25) is 4.98 Å². The standard InChI is InChI=1S/C15H16N2O5S2/c1-22-12-4-6-13(7-5-12)23(18,19)15-10-17(11-15)24(20,21)14-3-2-8-16-9-14/h2-9,15H,10-11H2,1H3. The lowest BCUT2D eigenvalue weighted by Gasteiger charge is -2.37. The average molecular weight is 368 g/mol. The molecule has 3 rings (SSSR count). The number of hydrogen-bond acceptors (Lipinski definition) is 6. The van der Waals surface area contributed by atoms with E-state index in [-0.39, 0.29) is 22.9 Å². The van der Waals surface area contributed by atoms with Gasteiger partial charge in [0.2, 0.25) is 10.0 Å². The largest absolute Gasteiger partial charge is 0.497 e. The predicted molar refractivity (Wildman–Crippen MR) is 87.0 cm³/mol. The van der Waals surface area contributed by atoms with Crippen LogP contribution in [0.1, 0.15) is 0 Å². The number of benzene rings is 1. The van der Waals surface area contributed by atoms with Crippen LogP contribution in [0.5, 0.6) is 5.75 Å². The van der Waals surface area contributed by atoms with Gasteiger partial charge in [0.05, 0.1) is 17.3 Å². The van der Waals surface area contributed by atoms with Crippen LogP contribution in [0.15, 0.2) is 58.6 Å². The number of nitrogens with zero attached hydrogens (tertiary/aromatic N) is 2. The molecule has 1 aliphatic rings. The molecular weight excluding hydrogens is 352 g/mol. The molecule has 0 amide bonds. The van der Waals surface area contributed by atoms with Crippen molar-refractivity contribution in [3.8, 4) is 5.75 Å². The molecule has 2 heterocycles. The van der Waals surface area contributed by atoms with E-state index < -0.39 is 25.1 Å². The minimum absolute atomic E-state index is 0.0605. The zero-order chi connectivity index (χ0) is 17.4. The summed E-state index contributed by atoms with van der Waals surface area (Å²) in [6, 6.07) is 9.02. The van der Waals surface area contributed by atoms with E-state index in [9.17, 15) is 16.8 Å². The van der Waals surface area contributed by atoms with Crippen LogP contribution in [-0.2, 0) is 19.9 Å². The molecule has 0 bridgehead atoms. The maximum absolute atomic E-state index is 12.5. The highest BCUT2D eigenvalue weighted by Crippen LogP contribution is 2.29. The number of aromatic nitrogens is 1. The molecule has 1 saturated heterocycles. The smallest absolute Gasteiger partial charge is 0.244 e. The molecular formula is C15H16N2O5S2. The summed E-state index contributed by atoms with van der Waals surface area (Å²) in [4.78, 5) is 4.01. The Bertz CT molecular complexity index is 920.